The molecule has 7 heteroatoms. The van der Waals surface area contributed by atoms with Gasteiger partial charge in [-0.05, 0) is 26.6 Å². The number of rotatable bonds is 4. The fourth-order valence-corrected chi connectivity index (χ4v) is 2.30. The van der Waals surface area contributed by atoms with E-state index in [1.165, 1.54) is 7.11 Å². The third kappa shape index (κ3) is 3.03. The maximum Gasteiger partial charge on any atom is 0.364 e. The van der Waals surface area contributed by atoms with Gasteiger partial charge in [0.15, 0.2) is 0 Å². The first-order valence-corrected chi connectivity index (χ1v) is 6.86. The zero-order valence-corrected chi connectivity index (χ0v) is 12.3. The maximum absolute atomic E-state index is 12.2. The van der Waals surface area contributed by atoms with Crippen LogP contribution in [0.15, 0.2) is 47.1 Å². The molecule has 0 bridgehead atoms. The van der Waals surface area contributed by atoms with E-state index in [4.69, 9.17) is 0 Å². The number of hydrogen-bond donors (Lipinski definition) is 1. The van der Waals surface area contributed by atoms with Gasteiger partial charge in [-0.3, -0.25) is 4.79 Å². The highest BCUT2D eigenvalue weighted by atomic mass is 16.6. The number of ether oxygens (including phenoxy) is 1. The lowest BCUT2D eigenvalue weighted by atomic mass is 10.0. The topological polar surface area (TPSA) is 94.3 Å². The van der Waals surface area contributed by atoms with E-state index >= 15 is 0 Å². The molecule has 0 aliphatic carbocycles. The molecule has 0 aliphatic rings. The number of amides is 1. The Kier molecular flexibility index (Phi) is 4.01. The van der Waals surface area contributed by atoms with Crippen LogP contribution in [-0.2, 0) is 16.0 Å². The second kappa shape index (κ2) is 6.27. The molecule has 0 atom stereocenters. The number of hydrogen-bond acceptors (Lipinski definition) is 6. The van der Waals surface area contributed by atoms with Crippen LogP contribution in [0.1, 0.15) is 16.1 Å². The number of benzene rings is 2. The summed E-state index contributed by atoms with van der Waals surface area (Å²) in [7, 11) is 1.21. The van der Waals surface area contributed by atoms with Gasteiger partial charge in [0.05, 0.1) is 13.5 Å². The minimum Gasteiger partial charge on any atom is -0.464 e. The third-order valence-corrected chi connectivity index (χ3v) is 3.36. The Bertz CT molecular complexity index is 867. The normalized spacial score (nSPS) is 10.5. The average Bonchev–Trinajstić information content (AvgIpc) is 3.02. The van der Waals surface area contributed by atoms with E-state index in [-0.39, 0.29) is 23.8 Å². The van der Waals surface area contributed by atoms with Gasteiger partial charge >= 0.3 is 5.97 Å². The molecule has 116 valence electrons. The van der Waals surface area contributed by atoms with Gasteiger partial charge in [-0.25, -0.2) is 9.42 Å². The van der Waals surface area contributed by atoms with Crippen LogP contribution in [0.4, 0.5) is 5.82 Å². The zero-order chi connectivity index (χ0) is 16.2. The molecule has 1 aromatic heterocycles. The summed E-state index contributed by atoms with van der Waals surface area (Å²) in [6.07, 6.45) is 0.134. The zero-order valence-electron chi connectivity index (χ0n) is 12.3. The Labute approximate surface area is 131 Å². The number of nitrogens with zero attached hydrogens (tertiary/aromatic N) is 2. The second-order valence-corrected chi connectivity index (χ2v) is 4.82. The molecule has 0 unspecified atom stereocenters. The molecular formula is C16H13N3O4. The highest BCUT2D eigenvalue weighted by Crippen LogP contribution is 2.19. The summed E-state index contributed by atoms with van der Waals surface area (Å²) in [6, 6.07) is 13.5. The van der Waals surface area contributed by atoms with Crippen molar-refractivity contribution in [2.45, 2.75) is 6.42 Å². The van der Waals surface area contributed by atoms with Gasteiger partial charge in [-0.1, -0.05) is 42.5 Å². The van der Waals surface area contributed by atoms with Crippen LogP contribution in [0.2, 0.25) is 0 Å². The molecule has 1 amide bonds. The van der Waals surface area contributed by atoms with Crippen LogP contribution < -0.4 is 5.32 Å². The SMILES string of the molecule is COC(=O)c1nonc1NC(=O)Cc1cccc2ccccc12. The number of methoxy groups -OCH3 is 1. The van der Waals surface area contributed by atoms with E-state index in [1.54, 1.807) is 0 Å². The summed E-state index contributed by atoms with van der Waals surface area (Å²) >= 11 is 0. The maximum atomic E-state index is 12.2. The van der Waals surface area contributed by atoms with E-state index < -0.39 is 5.97 Å². The number of aromatic nitrogens is 2. The molecule has 0 fully saturated rings. The smallest absolute Gasteiger partial charge is 0.364 e. The van der Waals surface area contributed by atoms with Crippen molar-refractivity contribution in [1.82, 2.24) is 10.3 Å². The second-order valence-electron chi connectivity index (χ2n) is 4.82. The lowest BCUT2D eigenvalue weighted by Gasteiger charge is -2.06. The van der Waals surface area contributed by atoms with Crippen LogP contribution in [0.25, 0.3) is 10.8 Å². The molecule has 0 radical (unpaired) electrons. The Balaban J connectivity index is 1.80. The largest absolute Gasteiger partial charge is 0.464 e. The van der Waals surface area contributed by atoms with Crippen molar-refractivity contribution in [3.63, 3.8) is 0 Å². The van der Waals surface area contributed by atoms with Crippen molar-refractivity contribution in [2.24, 2.45) is 0 Å². The van der Waals surface area contributed by atoms with Gasteiger partial charge in [-0.15, -0.1) is 0 Å². The Morgan fingerprint density at radius 2 is 1.91 bits per heavy atom. The summed E-state index contributed by atoms with van der Waals surface area (Å²) in [5.74, 6) is -1.11. The fourth-order valence-electron chi connectivity index (χ4n) is 2.30. The molecule has 23 heavy (non-hydrogen) atoms. The van der Waals surface area contributed by atoms with Gasteiger partial charge in [0.2, 0.25) is 17.4 Å². The summed E-state index contributed by atoms with van der Waals surface area (Å²) in [6.45, 7) is 0. The van der Waals surface area contributed by atoms with Crippen LogP contribution in [-0.4, -0.2) is 29.3 Å². The van der Waals surface area contributed by atoms with Gasteiger partial charge in [0.1, 0.15) is 0 Å². The number of carbonyl (C=O) groups is 2. The Morgan fingerprint density at radius 3 is 2.74 bits per heavy atom. The summed E-state index contributed by atoms with van der Waals surface area (Å²) in [5, 5.41) is 11.5. The van der Waals surface area contributed by atoms with Crippen molar-refractivity contribution in [2.75, 3.05) is 12.4 Å². The standard InChI is InChI=1S/C16H13N3O4/c1-22-16(21)14-15(19-23-18-14)17-13(20)9-11-7-4-6-10-5-2-3-8-12(10)11/h2-8H,9H2,1H3,(H,17,19,20). The molecule has 2 aromatic carbocycles. The molecule has 3 rings (SSSR count). The predicted octanol–water partition coefficient (Wildman–Crippen LogP) is 2.19. The van der Waals surface area contributed by atoms with Crippen molar-refractivity contribution < 1.29 is 19.0 Å². The molecule has 0 aliphatic heterocycles. The molecule has 1 heterocycles. The average molecular weight is 311 g/mol. The van der Waals surface area contributed by atoms with E-state index in [0.29, 0.717) is 0 Å². The molecular weight excluding hydrogens is 298 g/mol. The minimum atomic E-state index is -0.730. The van der Waals surface area contributed by atoms with Crippen molar-refractivity contribution in [1.29, 1.82) is 0 Å². The summed E-state index contributed by atoms with van der Waals surface area (Å²) in [4.78, 5) is 23.7. The van der Waals surface area contributed by atoms with E-state index in [0.717, 1.165) is 16.3 Å². The number of carbonyl (C=O) groups excluding carboxylic acids is 2. The van der Waals surface area contributed by atoms with E-state index in [9.17, 15) is 9.59 Å². The Hall–Kier alpha value is -3.22. The van der Waals surface area contributed by atoms with E-state index in [1.807, 2.05) is 42.5 Å². The number of anilines is 1. The Morgan fingerprint density at radius 1 is 1.13 bits per heavy atom. The molecule has 7 nitrogen and oxygen atoms in total. The molecule has 0 saturated heterocycles. The molecule has 0 saturated carbocycles. The van der Waals surface area contributed by atoms with Gasteiger partial charge < -0.3 is 10.1 Å². The quantitative estimate of drug-likeness (QED) is 0.742. The fraction of sp³-hybridized carbons (Fsp3) is 0.125. The van der Waals surface area contributed by atoms with Crippen LogP contribution in [0.3, 0.4) is 0 Å². The lowest BCUT2D eigenvalue weighted by molar-refractivity contribution is -0.115. The van der Waals surface area contributed by atoms with Crippen molar-refractivity contribution in [3.05, 3.63) is 53.7 Å². The predicted molar refractivity (Wildman–Crippen MR) is 81.9 cm³/mol. The van der Waals surface area contributed by atoms with Crippen molar-refractivity contribution >= 4 is 28.5 Å². The summed E-state index contributed by atoms with van der Waals surface area (Å²) in [5.41, 5.74) is 0.704. The molecule has 0 spiro atoms. The van der Waals surface area contributed by atoms with E-state index in [2.05, 4.69) is 25.0 Å². The first-order valence-electron chi connectivity index (χ1n) is 6.86. The minimum absolute atomic E-state index is 0.0536. The highest BCUT2D eigenvalue weighted by molar-refractivity contribution is 6.00. The van der Waals surface area contributed by atoms with Gasteiger partial charge in [-0.2, -0.15) is 0 Å². The third-order valence-electron chi connectivity index (χ3n) is 3.36. The van der Waals surface area contributed by atoms with Crippen LogP contribution >= 0.6 is 0 Å². The number of fused-ring (bicyclic) bond motifs is 1. The molecule has 1 N–H and O–H groups in total. The van der Waals surface area contributed by atoms with Crippen LogP contribution in [0, 0.1) is 0 Å². The lowest BCUT2D eigenvalue weighted by Crippen LogP contribution is -2.17. The van der Waals surface area contributed by atoms with Gasteiger partial charge in [0.25, 0.3) is 0 Å². The number of esters is 1. The van der Waals surface area contributed by atoms with Gasteiger partial charge in [0, 0.05) is 0 Å². The van der Waals surface area contributed by atoms with Crippen LogP contribution in [0.5, 0.6) is 0 Å². The highest BCUT2D eigenvalue weighted by Gasteiger charge is 2.21. The van der Waals surface area contributed by atoms with Crippen molar-refractivity contribution in [3.8, 4) is 0 Å². The first kappa shape index (κ1) is 14.7. The molecule has 3 aromatic rings. The first-order chi connectivity index (χ1) is 11.2. The number of nitrogens with one attached hydrogen (secondary N) is 1. The monoisotopic (exact) mass is 311 g/mol. The summed E-state index contributed by atoms with van der Waals surface area (Å²) < 4.78 is 9.01.